The van der Waals surface area contributed by atoms with Gasteiger partial charge in [0.1, 0.15) is 22.1 Å². The Kier molecular flexibility index (Phi) is 5.97. The molecule has 1 aromatic carbocycles. The molecule has 0 radical (unpaired) electrons. The molecule has 1 heterocycles. The smallest absolute Gasteiger partial charge is 0.339 e. The van der Waals surface area contributed by atoms with Crippen molar-refractivity contribution in [2.24, 2.45) is 0 Å². The van der Waals surface area contributed by atoms with Gasteiger partial charge in [-0.1, -0.05) is 23.2 Å². The molecule has 0 aliphatic rings. The Bertz CT molecular complexity index is 944. The Labute approximate surface area is 162 Å². The van der Waals surface area contributed by atoms with Crippen LogP contribution in [0.2, 0.25) is 10.2 Å². The van der Waals surface area contributed by atoms with Crippen LogP contribution in [0.1, 0.15) is 5.56 Å². The maximum absolute atomic E-state index is 13.1. The van der Waals surface area contributed by atoms with Gasteiger partial charge >= 0.3 is 17.6 Å². The summed E-state index contributed by atoms with van der Waals surface area (Å²) in [6, 6.07) is 0.105. The molecule has 0 saturated carbocycles. The van der Waals surface area contributed by atoms with E-state index < -0.39 is 43.7 Å². The summed E-state index contributed by atoms with van der Waals surface area (Å²) < 4.78 is 39.2. The number of alkyl halides is 3. The Morgan fingerprint density at radius 3 is 2.26 bits per heavy atom. The Morgan fingerprint density at radius 1 is 1.15 bits per heavy atom. The summed E-state index contributed by atoms with van der Waals surface area (Å²) >= 11 is 12.5. The molecular weight excluding hydrogens is 438 g/mol. The molecule has 0 amide bonds. The number of aromatic nitrogens is 2. The van der Waals surface area contributed by atoms with E-state index in [0.717, 1.165) is 18.1 Å². The van der Waals surface area contributed by atoms with Crippen molar-refractivity contribution >= 4 is 57.7 Å². The summed E-state index contributed by atoms with van der Waals surface area (Å²) in [6.45, 7) is 0. The van der Waals surface area contributed by atoms with Crippen LogP contribution in [0, 0.1) is 20.2 Å². The summed E-state index contributed by atoms with van der Waals surface area (Å²) in [6.07, 6.45) is -2.52. The molecule has 0 unspecified atom stereocenters. The van der Waals surface area contributed by atoms with Crippen LogP contribution in [0.25, 0.3) is 0 Å². The van der Waals surface area contributed by atoms with Gasteiger partial charge in [0, 0.05) is 6.07 Å². The van der Waals surface area contributed by atoms with Crippen molar-refractivity contribution < 1.29 is 23.0 Å². The van der Waals surface area contributed by atoms with Gasteiger partial charge in [-0.25, -0.2) is 9.97 Å². The molecule has 2 rings (SSSR count). The highest BCUT2D eigenvalue weighted by Crippen LogP contribution is 2.49. The Hall–Kier alpha value is -2.38. The van der Waals surface area contributed by atoms with E-state index in [-0.39, 0.29) is 21.9 Å². The van der Waals surface area contributed by atoms with Gasteiger partial charge in [0.2, 0.25) is 0 Å². The number of nitrogens with zero attached hydrogens (tertiary/aromatic N) is 4. The number of thioether (sulfide) groups is 1. The maximum atomic E-state index is 13.1. The van der Waals surface area contributed by atoms with E-state index in [9.17, 15) is 33.4 Å². The molecule has 15 heteroatoms. The number of benzene rings is 1. The first-order valence-corrected chi connectivity index (χ1v) is 8.51. The lowest BCUT2D eigenvalue weighted by molar-refractivity contribution is -0.392. The van der Waals surface area contributed by atoms with Crippen molar-refractivity contribution in [2.45, 2.75) is 11.2 Å². The van der Waals surface area contributed by atoms with Crippen molar-refractivity contribution in [1.29, 1.82) is 0 Å². The first kappa shape index (κ1) is 20.9. The number of nitro benzene ring substituents is 2. The van der Waals surface area contributed by atoms with E-state index in [2.05, 4.69) is 15.3 Å². The molecule has 2 aromatic rings. The summed E-state index contributed by atoms with van der Waals surface area (Å²) in [5.74, 6) is 0. The van der Waals surface area contributed by atoms with Crippen LogP contribution in [-0.4, -0.2) is 26.1 Å². The molecule has 9 nitrogen and oxygen atoms in total. The third kappa shape index (κ3) is 4.14. The van der Waals surface area contributed by atoms with Gasteiger partial charge < -0.3 is 5.32 Å². The van der Waals surface area contributed by atoms with Crippen LogP contribution in [0.3, 0.4) is 0 Å². The van der Waals surface area contributed by atoms with Crippen molar-refractivity contribution in [1.82, 2.24) is 9.97 Å². The standard InChI is InChI=1S/C12H6Cl2F3N5O4S/c1-27-11-8(10(14)18-3-19-11)20-7-5(21(23)24)2-4(12(15,16)17)6(13)9(7)22(25)26/h2-3,20H,1H3. The first-order valence-electron chi connectivity index (χ1n) is 6.53. The summed E-state index contributed by atoms with van der Waals surface area (Å²) in [7, 11) is 0. The molecule has 0 fully saturated rings. The van der Waals surface area contributed by atoms with Crippen molar-refractivity contribution in [3.05, 3.63) is 48.4 Å². The molecule has 27 heavy (non-hydrogen) atoms. The van der Waals surface area contributed by atoms with Gasteiger partial charge in [-0.05, 0) is 6.26 Å². The SMILES string of the molecule is CSc1ncnc(Cl)c1Nc1c([N+](=O)[O-])cc(C(F)(F)F)c(Cl)c1[N+](=O)[O-]. The fourth-order valence-electron chi connectivity index (χ4n) is 2.01. The lowest BCUT2D eigenvalue weighted by Crippen LogP contribution is -2.11. The van der Waals surface area contributed by atoms with Crippen LogP contribution in [0.4, 0.5) is 35.9 Å². The van der Waals surface area contributed by atoms with Gasteiger partial charge in [-0.15, -0.1) is 11.8 Å². The molecule has 1 N–H and O–H groups in total. The molecule has 0 saturated heterocycles. The van der Waals surface area contributed by atoms with Crippen molar-refractivity contribution in [3.63, 3.8) is 0 Å². The van der Waals surface area contributed by atoms with Crippen LogP contribution < -0.4 is 5.32 Å². The highest BCUT2D eigenvalue weighted by molar-refractivity contribution is 7.98. The summed E-state index contributed by atoms with van der Waals surface area (Å²) in [5, 5.41) is 23.5. The van der Waals surface area contributed by atoms with E-state index in [1.54, 1.807) is 6.26 Å². The zero-order valence-electron chi connectivity index (χ0n) is 12.9. The molecule has 0 aliphatic heterocycles. The minimum Gasteiger partial charge on any atom is -0.339 e. The third-order valence-corrected chi connectivity index (χ3v) is 4.48. The van der Waals surface area contributed by atoms with Gasteiger partial charge in [0.25, 0.3) is 0 Å². The molecule has 0 bridgehead atoms. The van der Waals surface area contributed by atoms with Gasteiger partial charge in [-0.2, -0.15) is 13.2 Å². The van der Waals surface area contributed by atoms with Crippen LogP contribution in [-0.2, 0) is 6.18 Å². The molecule has 144 valence electrons. The highest BCUT2D eigenvalue weighted by Gasteiger charge is 2.42. The number of halogens is 5. The average molecular weight is 444 g/mol. The monoisotopic (exact) mass is 443 g/mol. The second-order valence-corrected chi connectivity index (χ2v) is 6.20. The van der Waals surface area contributed by atoms with E-state index in [0.29, 0.717) is 0 Å². The molecule has 1 aromatic heterocycles. The zero-order chi connectivity index (χ0) is 20.5. The van der Waals surface area contributed by atoms with E-state index in [1.807, 2.05) is 0 Å². The number of rotatable bonds is 5. The van der Waals surface area contributed by atoms with Gasteiger partial charge in [0.15, 0.2) is 10.8 Å². The normalized spacial score (nSPS) is 11.3. The van der Waals surface area contributed by atoms with E-state index >= 15 is 0 Å². The zero-order valence-corrected chi connectivity index (χ0v) is 15.2. The van der Waals surface area contributed by atoms with Crippen LogP contribution >= 0.6 is 35.0 Å². The predicted molar refractivity (Wildman–Crippen MR) is 91.9 cm³/mol. The topological polar surface area (TPSA) is 124 Å². The number of nitrogens with one attached hydrogen (secondary N) is 1. The minimum absolute atomic E-state index is 0.105. The molecule has 0 atom stereocenters. The number of hydrogen-bond acceptors (Lipinski definition) is 8. The fraction of sp³-hybridized carbons (Fsp3) is 0.167. The second-order valence-electron chi connectivity index (χ2n) is 4.67. The summed E-state index contributed by atoms with van der Waals surface area (Å²) in [5.41, 5.74) is -5.30. The van der Waals surface area contributed by atoms with Gasteiger partial charge in [-0.3, -0.25) is 20.2 Å². The first-order chi connectivity index (χ1) is 12.5. The average Bonchev–Trinajstić information content (AvgIpc) is 2.54. The lowest BCUT2D eigenvalue weighted by Gasteiger charge is -2.15. The maximum Gasteiger partial charge on any atom is 0.418 e. The van der Waals surface area contributed by atoms with Gasteiger partial charge in [0.05, 0.1) is 15.4 Å². The Balaban J connectivity index is 2.85. The molecule has 0 aliphatic carbocycles. The fourth-order valence-corrected chi connectivity index (χ4v) is 3.08. The molecular formula is C12H6Cl2F3N5O4S. The second kappa shape index (κ2) is 7.70. The van der Waals surface area contributed by atoms with Crippen LogP contribution in [0.15, 0.2) is 17.4 Å². The number of anilines is 2. The van der Waals surface area contributed by atoms with Crippen LogP contribution in [0.5, 0.6) is 0 Å². The third-order valence-electron chi connectivity index (χ3n) is 3.11. The van der Waals surface area contributed by atoms with Crippen molar-refractivity contribution in [2.75, 3.05) is 11.6 Å². The lowest BCUT2D eigenvalue weighted by atomic mass is 10.1. The van der Waals surface area contributed by atoms with Crippen molar-refractivity contribution in [3.8, 4) is 0 Å². The van der Waals surface area contributed by atoms with E-state index in [1.165, 1.54) is 0 Å². The quantitative estimate of drug-likeness (QED) is 0.293. The largest absolute Gasteiger partial charge is 0.418 e. The predicted octanol–water partition coefficient (Wildman–Crippen LogP) is 5.08. The van der Waals surface area contributed by atoms with E-state index in [4.69, 9.17) is 23.2 Å². The minimum atomic E-state index is -5.15. The number of hydrogen-bond donors (Lipinski definition) is 1. The Morgan fingerprint density at radius 2 is 1.78 bits per heavy atom. The highest BCUT2D eigenvalue weighted by atomic mass is 35.5. The summed E-state index contributed by atoms with van der Waals surface area (Å²) in [4.78, 5) is 27.6. The molecule has 0 spiro atoms. The number of nitro groups is 2.